The largest absolute Gasteiger partial charge is 0.496 e. The molecule has 0 amide bonds. The van der Waals surface area contributed by atoms with E-state index in [0.717, 1.165) is 37.9 Å². The lowest BCUT2D eigenvalue weighted by atomic mass is 10.0. The van der Waals surface area contributed by atoms with E-state index < -0.39 is 0 Å². The zero-order chi connectivity index (χ0) is 16.9. The van der Waals surface area contributed by atoms with E-state index in [1.54, 1.807) is 7.11 Å². The van der Waals surface area contributed by atoms with E-state index >= 15 is 0 Å². The van der Waals surface area contributed by atoms with Gasteiger partial charge in [-0.3, -0.25) is 0 Å². The maximum atomic E-state index is 9.88. The number of hydrogen-bond donors (Lipinski definition) is 1. The van der Waals surface area contributed by atoms with E-state index in [0.29, 0.717) is 6.42 Å². The standard InChI is InChI=1S/C21H30O2/c1-4-6-8-15-19(22)16-10-7-9-13-18-14-11-17-21(23-3)20(18)12-5-2/h5,11,14,17,19,22H,2,4,6,8,10,12-13,15-16H2,1,3H3/t19-/m0/s1. The van der Waals surface area contributed by atoms with Crippen LogP contribution in [0, 0.1) is 11.8 Å². The molecular weight excluding hydrogens is 284 g/mol. The van der Waals surface area contributed by atoms with Crippen LogP contribution in [0.2, 0.25) is 0 Å². The Morgan fingerprint density at radius 1 is 1.26 bits per heavy atom. The fraction of sp³-hybridized carbons (Fsp3) is 0.524. The van der Waals surface area contributed by atoms with Crippen LogP contribution < -0.4 is 4.74 Å². The molecule has 2 nitrogen and oxygen atoms in total. The minimum absolute atomic E-state index is 0.205. The van der Waals surface area contributed by atoms with Crippen LogP contribution >= 0.6 is 0 Å². The molecule has 0 heterocycles. The summed E-state index contributed by atoms with van der Waals surface area (Å²) in [5, 5.41) is 9.88. The first-order valence-electron chi connectivity index (χ1n) is 8.62. The van der Waals surface area contributed by atoms with E-state index in [1.165, 1.54) is 24.0 Å². The molecule has 0 aliphatic heterocycles. The number of methoxy groups -OCH3 is 1. The molecule has 0 aliphatic rings. The molecule has 0 saturated heterocycles. The second kappa shape index (κ2) is 11.8. The van der Waals surface area contributed by atoms with Crippen molar-refractivity contribution in [3.05, 3.63) is 42.0 Å². The van der Waals surface area contributed by atoms with Crippen molar-refractivity contribution >= 4 is 0 Å². The average Bonchev–Trinajstić information content (AvgIpc) is 2.56. The zero-order valence-electron chi connectivity index (χ0n) is 14.6. The maximum absolute atomic E-state index is 9.88. The van der Waals surface area contributed by atoms with Crippen LogP contribution in [0.25, 0.3) is 0 Å². The van der Waals surface area contributed by atoms with Crippen molar-refractivity contribution in [1.29, 1.82) is 0 Å². The number of benzene rings is 1. The first-order chi connectivity index (χ1) is 11.2. The molecule has 1 atom stereocenters. The van der Waals surface area contributed by atoms with E-state index in [-0.39, 0.29) is 6.10 Å². The molecule has 2 heteroatoms. The van der Waals surface area contributed by atoms with Gasteiger partial charge in [0.1, 0.15) is 5.75 Å². The Morgan fingerprint density at radius 2 is 2.09 bits per heavy atom. The highest BCUT2D eigenvalue weighted by atomic mass is 16.5. The Kier molecular flexibility index (Phi) is 9.91. The molecular formula is C21H30O2. The third-order valence-electron chi connectivity index (χ3n) is 3.95. The molecule has 1 aromatic rings. The number of unbranched alkanes of at least 4 members (excludes halogenated alkanes) is 2. The second-order valence-corrected chi connectivity index (χ2v) is 5.81. The Bertz CT molecular complexity index is 522. The van der Waals surface area contributed by atoms with Gasteiger partial charge in [-0.15, -0.1) is 12.5 Å². The van der Waals surface area contributed by atoms with Crippen molar-refractivity contribution in [3.63, 3.8) is 0 Å². The van der Waals surface area contributed by atoms with Crippen molar-refractivity contribution in [2.24, 2.45) is 0 Å². The summed E-state index contributed by atoms with van der Waals surface area (Å²) >= 11 is 0. The lowest BCUT2D eigenvalue weighted by molar-refractivity contribution is 0.153. The molecule has 0 aromatic heterocycles. The van der Waals surface area contributed by atoms with Gasteiger partial charge < -0.3 is 9.84 Å². The van der Waals surface area contributed by atoms with E-state index in [4.69, 9.17) is 4.74 Å². The molecule has 1 N–H and O–H groups in total. The number of ether oxygens (including phenoxy) is 1. The zero-order valence-corrected chi connectivity index (χ0v) is 14.6. The number of allylic oxidation sites excluding steroid dienone is 1. The van der Waals surface area contributed by atoms with Crippen LogP contribution in [0.15, 0.2) is 30.9 Å². The normalized spacial score (nSPS) is 11.4. The Morgan fingerprint density at radius 3 is 2.78 bits per heavy atom. The first-order valence-corrected chi connectivity index (χ1v) is 8.62. The highest BCUT2D eigenvalue weighted by Gasteiger charge is 2.06. The van der Waals surface area contributed by atoms with Gasteiger partial charge in [0.15, 0.2) is 0 Å². The van der Waals surface area contributed by atoms with Crippen LogP contribution in [0.1, 0.15) is 56.6 Å². The fourth-order valence-corrected chi connectivity index (χ4v) is 2.60. The van der Waals surface area contributed by atoms with Crippen molar-refractivity contribution in [3.8, 4) is 17.6 Å². The molecule has 1 aromatic carbocycles. The number of aliphatic hydroxyl groups is 1. The highest BCUT2D eigenvalue weighted by Crippen LogP contribution is 2.23. The predicted molar refractivity (Wildman–Crippen MR) is 97.8 cm³/mol. The molecule has 0 unspecified atom stereocenters. The van der Waals surface area contributed by atoms with Crippen molar-refractivity contribution in [1.82, 2.24) is 0 Å². The average molecular weight is 314 g/mol. The van der Waals surface area contributed by atoms with Gasteiger partial charge in [0, 0.05) is 18.4 Å². The summed E-state index contributed by atoms with van der Waals surface area (Å²) in [6.07, 6.45) is 9.12. The summed E-state index contributed by atoms with van der Waals surface area (Å²) in [4.78, 5) is 0. The van der Waals surface area contributed by atoms with Crippen molar-refractivity contribution in [2.75, 3.05) is 7.11 Å². The summed E-state index contributed by atoms with van der Waals surface area (Å²) in [7, 11) is 1.69. The van der Waals surface area contributed by atoms with Crippen LogP contribution in [0.4, 0.5) is 0 Å². The van der Waals surface area contributed by atoms with Gasteiger partial charge in [-0.25, -0.2) is 0 Å². The fourth-order valence-electron chi connectivity index (χ4n) is 2.60. The van der Waals surface area contributed by atoms with Gasteiger partial charge in [0.05, 0.1) is 13.2 Å². The van der Waals surface area contributed by atoms with Gasteiger partial charge >= 0.3 is 0 Å². The van der Waals surface area contributed by atoms with Crippen LogP contribution in [-0.2, 0) is 12.8 Å². The SMILES string of the molecule is C=CCc1c(CC#CCC[C@@H](O)CCCCC)cccc1OC. The van der Waals surface area contributed by atoms with Gasteiger partial charge in [0.2, 0.25) is 0 Å². The van der Waals surface area contributed by atoms with Crippen LogP contribution in [-0.4, -0.2) is 18.3 Å². The van der Waals surface area contributed by atoms with Gasteiger partial charge in [0.25, 0.3) is 0 Å². The highest BCUT2D eigenvalue weighted by molar-refractivity contribution is 5.43. The number of rotatable bonds is 10. The first kappa shape index (κ1) is 19.3. The summed E-state index contributed by atoms with van der Waals surface area (Å²) in [5.74, 6) is 7.31. The third-order valence-corrected chi connectivity index (χ3v) is 3.95. The smallest absolute Gasteiger partial charge is 0.122 e. The Labute approximate surface area is 141 Å². The summed E-state index contributed by atoms with van der Waals surface area (Å²) in [5.41, 5.74) is 2.36. The van der Waals surface area contributed by atoms with E-state index in [1.807, 2.05) is 18.2 Å². The van der Waals surface area contributed by atoms with Crippen molar-refractivity contribution in [2.45, 2.75) is 64.4 Å². The number of aliphatic hydroxyl groups excluding tert-OH is 1. The van der Waals surface area contributed by atoms with E-state index in [9.17, 15) is 5.11 Å². The predicted octanol–water partition coefficient (Wildman–Crippen LogP) is 4.69. The minimum Gasteiger partial charge on any atom is -0.496 e. The molecule has 126 valence electrons. The van der Waals surface area contributed by atoms with Gasteiger partial charge in [-0.05, 0) is 30.9 Å². The molecule has 0 saturated carbocycles. The Balaban J connectivity index is 2.48. The molecule has 0 radical (unpaired) electrons. The lowest BCUT2D eigenvalue weighted by Gasteiger charge is -2.10. The molecule has 0 fully saturated rings. The molecule has 0 spiro atoms. The monoisotopic (exact) mass is 314 g/mol. The van der Waals surface area contributed by atoms with Gasteiger partial charge in [-0.1, -0.05) is 50.3 Å². The lowest BCUT2D eigenvalue weighted by Crippen LogP contribution is -2.05. The molecule has 23 heavy (non-hydrogen) atoms. The molecule has 0 aliphatic carbocycles. The van der Waals surface area contributed by atoms with Crippen molar-refractivity contribution < 1.29 is 9.84 Å². The topological polar surface area (TPSA) is 29.5 Å². The Hall–Kier alpha value is -1.72. The number of hydrogen-bond acceptors (Lipinski definition) is 2. The second-order valence-electron chi connectivity index (χ2n) is 5.81. The third kappa shape index (κ3) is 7.39. The molecule has 1 rings (SSSR count). The van der Waals surface area contributed by atoms with E-state index in [2.05, 4.69) is 31.4 Å². The van der Waals surface area contributed by atoms with Gasteiger partial charge in [-0.2, -0.15) is 0 Å². The van der Waals surface area contributed by atoms with Crippen LogP contribution in [0.3, 0.4) is 0 Å². The summed E-state index contributed by atoms with van der Waals surface area (Å²) < 4.78 is 5.42. The van der Waals surface area contributed by atoms with Crippen LogP contribution in [0.5, 0.6) is 5.75 Å². The minimum atomic E-state index is -0.205. The maximum Gasteiger partial charge on any atom is 0.122 e. The molecule has 0 bridgehead atoms. The summed E-state index contributed by atoms with van der Waals surface area (Å²) in [6, 6.07) is 6.07. The summed E-state index contributed by atoms with van der Waals surface area (Å²) in [6.45, 7) is 5.99. The quantitative estimate of drug-likeness (QED) is 0.386.